The number of carbonyl (C=O) groups excluding carboxylic acids is 1. The minimum absolute atomic E-state index is 0.128. The van der Waals surface area contributed by atoms with Crippen molar-refractivity contribution in [2.75, 3.05) is 0 Å². The van der Waals surface area contributed by atoms with Gasteiger partial charge in [-0.15, -0.1) is 10.2 Å². The van der Waals surface area contributed by atoms with Crippen molar-refractivity contribution in [2.24, 2.45) is 0 Å². The molecule has 2 rings (SSSR count). The van der Waals surface area contributed by atoms with Crippen LogP contribution in [0.25, 0.3) is 0 Å². The van der Waals surface area contributed by atoms with Crippen LogP contribution in [0, 0.1) is 0 Å². The largest absolute Gasteiger partial charge is 0.331 e. The number of carbonyl (C=O) groups is 1. The summed E-state index contributed by atoms with van der Waals surface area (Å²) in [5, 5.41) is 10.3. The highest BCUT2D eigenvalue weighted by atomic mass is 16.2. The number of hydrogen-bond donors (Lipinski definition) is 1. The van der Waals surface area contributed by atoms with E-state index in [1.54, 1.807) is 4.57 Å². The van der Waals surface area contributed by atoms with Crippen molar-refractivity contribution in [2.45, 2.75) is 20.0 Å². The molecule has 0 atom stereocenters. The Labute approximate surface area is 63.4 Å². The van der Waals surface area contributed by atoms with Crippen molar-refractivity contribution in [3.63, 3.8) is 0 Å². The fourth-order valence-corrected chi connectivity index (χ4v) is 1.16. The second-order valence-corrected chi connectivity index (χ2v) is 2.39. The monoisotopic (exact) mass is 152 g/mol. The van der Waals surface area contributed by atoms with Gasteiger partial charge in [0.1, 0.15) is 5.82 Å². The normalized spacial score (nSPS) is 14.8. The summed E-state index contributed by atoms with van der Waals surface area (Å²) >= 11 is 0. The maximum absolute atomic E-state index is 11.0. The van der Waals surface area contributed by atoms with Crippen LogP contribution in [-0.2, 0) is 13.1 Å². The van der Waals surface area contributed by atoms with E-state index in [0.29, 0.717) is 12.5 Å². The van der Waals surface area contributed by atoms with Gasteiger partial charge in [0, 0.05) is 6.42 Å². The number of nitrogens with zero attached hydrogens (tertiary/aromatic N) is 3. The minimum Gasteiger partial charge on any atom is -0.331 e. The van der Waals surface area contributed by atoms with Crippen LogP contribution in [0.3, 0.4) is 0 Å². The average molecular weight is 152 g/mol. The zero-order valence-corrected chi connectivity index (χ0v) is 6.16. The van der Waals surface area contributed by atoms with Crippen molar-refractivity contribution in [3.05, 3.63) is 11.6 Å². The van der Waals surface area contributed by atoms with Crippen molar-refractivity contribution >= 4 is 5.91 Å². The number of amides is 1. The third kappa shape index (κ3) is 0.736. The highest BCUT2D eigenvalue weighted by Crippen LogP contribution is 2.06. The van der Waals surface area contributed by atoms with Crippen molar-refractivity contribution in [3.8, 4) is 0 Å². The Morgan fingerprint density at radius 1 is 1.64 bits per heavy atom. The number of nitrogens with one attached hydrogen (secondary N) is 1. The zero-order valence-electron chi connectivity index (χ0n) is 6.16. The van der Waals surface area contributed by atoms with Crippen molar-refractivity contribution in [1.29, 1.82) is 0 Å². The van der Waals surface area contributed by atoms with Crippen LogP contribution in [0.5, 0.6) is 0 Å². The molecule has 58 valence electrons. The van der Waals surface area contributed by atoms with Gasteiger partial charge in [-0.3, -0.25) is 9.36 Å². The molecule has 0 spiro atoms. The van der Waals surface area contributed by atoms with Gasteiger partial charge >= 0.3 is 0 Å². The third-order valence-corrected chi connectivity index (χ3v) is 1.74. The summed E-state index contributed by atoms with van der Waals surface area (Å²) < 4.78 is 1.79. The van der Waals surface area contributed by atoms with Gasteiger partial charge in [0.25, 0.3) is 5.91 Å². The lowest BCUT2D eigenvalue weighted by Crippen LogP contribution is -2.15. The quantitative estimate of drug-likeness (QED) is 0.592. The van der Waals surface area contributed by atoms with Gasteiger partial charge in [-0.2, -0.15) is 0 Å². The summed E-state index contributed by atoms with van der Waals surface area (Å²) in [4.78, 5) is 11.0. The summed E-state index contributed by atoms with van der Waals surface area (Å²) in [7, 11) is 0. The minimum atomic E-state index is -0.128. The Balaban J connectivity index is 2.52. The summed E-state index contributed by atoms with van der Waals surface area (Å²) in [6, 6.07) is 0. The molecule has 5 nitrogen and oxygen atoms in total. The summed E-state index contributed by atoms with van der Waals surface area (Å²) in [6.07, 6.45) is 0.807. The SMILES string of the molecule is CCc1nnc2n1CNC2=O. The number of hydrogen-bond acceptors (Lipinski definition) is 3. The molecule has 0 saturated heterocycles. The molecule has 1 aromatic rings. The first kappa shape index (κ1) is 6.33. The van der Waals surface area contributed by atoms with E-state index in [1.807, 2.05) is 6.92 Å². The van der Waals surface area contributed by atoms with Gasteiger partial charge in [-0.05, 0) is 0 Å². The molecule has 0 unspecified atom stereocenters. The van der Waals surface area contributed by atoms with Gasteiger partial charge in [-0.25, -0.2) is 0 Å². The molecule has 0 aromatic carbocycles. The van der Waals surface area contributed by atoms with Crippen molar-refractivity contribution in [1.82, 2.24) is 20.1 Å². The van der Waals surface area contributed by atoms with Crippen molar-refractivity contribution < 1.29 is 4.79 Å². The molecule has 2 heterocycles. The molecule has 1 amide bonds. The Hall–Kier alpha value is -1.39. The molecule has 1 aromatic heterocycles. The van der Waals surface area contributed by atoms with E-state index < -0.39 is 0 Å². The Kier molecular flexibility index (Phi) is 1.18. The topological polar surface area (TPSA) is 59.8 Å². The first-order valence-electron chi connectivity index (χ1n) is 3.53. The van der Waals surface area contributed by atoms with Crippen LogP contribution in [-0.4, -0.2) is 20.7 Å². The second-order valence-electron chi connectivity index (χ2n) is 2.39. The first-order chi connectivity index (χ1) is 5.33. The number of aromatic nitrogens is 3. The van der Waals surface area contributed by atoms with Crippen LogP contribution >= 0.6 is 0 Å². The molecule has 1 aliphatic heterocycles. The Bertz CT molecular complexity index is 304. The molecule has 1 aliphatic rings. The molecular formula is C6H8N4O. The summed E-state index contributed by atoms with van der Waals surface area (Å²) in [6.45, 7) is 2.50. The zero-order chi connectivity index (χ0) is 7.84. The molecule has 5 heteroatoms. The lowest BCUT2D eigenvalue weighted by Gasteiger charge is -1.95. The lowest BCUT2D eigenvalue weighted by atomic mass is 10.4. The van der Waals surface area contributed by atoms with E-state index in [4.69, 9.17) is 0 Å². The predicted molar refractivity (Wildman–Crippen MR) is 36.9 cm³/mol. The number of rotatable bonds is 1. The smallest absolute Gasteiger partial charge is 0.290 e. The maximum Gasteiger partial charge on any atom is 0.290 e. The van der Waals surface area contributed by atoms with Crippen LogP contribution in [0.2, 0.25) is 0 Å². The van der Waals surface area contributed by atoms with Crippen LogP contribution < -0.4 is 5.32 Å². The first-order valence-corrected chi connectivity index (χ1v) is 3.53. The highest BCUT2D eigenvalue weighted by molar-refractivity contribution is 5.92. The van der Waals surface area contributed by atoms with Gasteiger partial charge in [0.05, 0.1) is 6.67 Å². The lowest BCUT2D eigenvalue weighted by molar-refractivity contribution is 0.0961. The third-order valence-electron chi connectivity index (χ3n) is 1.74. The fourth-order valence-electron chi connectivity index (χ4n) is 1.16. The predicted octanol–water partition coefficient (Wildman–Crippen LogP) is -0.459. The van der Waals surface area contributed by atoms with E-state index in [-0.39, 0.29) is 5.91 Å². The molecule has 1 N–H and O–H groups in total. The van der Waals surface area contributed by atoms with Crippen LogP contribution in [0.15, 0.2) is 0 Å². The molecule has 0 saturated carbocycles. The molecule has 0 aliphatic carbocycles. The molecular weight excluding hydrogens is 144 g/mol. The highest BCUT2D eigenvalue weighted by Gasteiger charge is 2.23. The Morgan fingerprint density at radius 3 is 3.18 bits per heavy atom. The molecule has 11 heavy (non-hydrogen) atoms. The molecule has 0 fully saturated rings. The molecule has 0 radical (unpaired) electrons. The summed E-state index contributed by atoms with van der Waals surface area (Å²) in [5.41, 5.74) is 0. The second kappa shape index (κ2) is 2.05. The maximum atomic E-state index is 11.0. The number of fused-ring (bicyclic) bond motifs is 1. The fraction of sp³-hybridized carbons (Fsp3) is 0.500. The van der Waals surface area contributed by atoms with Gasteiger partial charge < -0.3 is 5.32 Å². The van der Waals surface area contributed by atoms with Gasteiger partial charge in [0.15, 0.2) is 0 Å². The van der Waals surface area contributed by atoms with Gasteiger partial charge in [0.2, 0.25) is 5.82 Å². The van der Waals surface area contributed by atoms with E-state index >= 15 is 0 Å². The van der Waals surface area contributed by atoms with E-state index in [2.05, 4.69) is 15.5 Å². The Morgan fingerprint density at radius 2 is 2.45 bits per heavy atom. The van der Waals surface area contributed by atoms with Crippen LogP contribution in [0.1, 0.15) is 23.4 Å². The number of aryl methyl sites for hydroxylation is 1. The van der Waals surface area contributed by atoms with E-state index in [1.165, 1.54) is 0 Å². The van der Waals surface area contributed by atoms with E-state index in [0.717, 1.165) is 12.2 Å². The van der Waals surface area contributed by atoms with Crippen LogP contribution in [0.4, 0.5) is 0 Å². The van der Waals surface area contributed by atoms with Gasteiger partial charge in [-0.1, -0.05) is 6.92 Å². The van der Waals surface area contributed by atoms with E-state index in [9.17, 15) is 4.79 Å². The molecule has 0 bridgehead atoms. The standard InChI is InChI=1S/C6H8N4O/c1-2-4-8-9-5-6(11)7-3-10(4)5/h2-3H2,1H3,(H,7,11). The summed E-state index contributed by atoms with van der Waals surface area (Å²) in [5.74, 6) is 1.16. The average Bonchev–Trinajstić information content (AvgIpc) is 2.53.